The normalized spacial score (nSPS) is 13.6. The van der Waals surface area contributed by atoms with Gasteiger partial charge in [-0.2, -0.15) is 0 Å². The van der Waals surface area contributed by atoms with Gasteiger partial charge in [0.15, 0.2) is 0 Å². The highest BCUT2D eigenvalue weighted by Crippen LogP contribution is 2.27. The first-order valence-electron chi connectivity index (χ1n) is 15.1. The van der Waals surface area contributed by atoms with Gasteiger partial charge in [-0.05, 0) is 88.8 Å². The molecule has 0 aliphatic carbocycles. The second-order valence-electron chi connectivity index (χ2n) is 9.57. The molecule has 0 bridgehead atoms. The molecule has 2 heterocycles. The number of aryl methyl sites for hydroxylation is 1. The van der Waals surface area contributed by atoms with Crippen LogP contribution >= 0.6 is 11.6 Å². The molecule has 0 atom stereocenters. The van der Waals surface area contributed by atoms with E-state index in [1.54, 1.807) is 6.07 Å². The summed E-state index contributed by atoms with van der Waals surface area (Å²) in [5.41, 5.74) is 5.07. The van der Waals surface area contributed by atoms with E-state index in [0.29, 0.717) is 5.02 Å². The largest absolute Gasteiger partial charge is 0.508 e. The minimum Gasteiger partial charge on any atom is -0.508 e. The number of phenolic OH excluding ortho intramolecular Hbond substituents is 1. The number of rotatable bonds is 9. The summed E-state index contributed by atoms with van der Waals surface area (Å²) < 4.78 is 0. The van der Waals surface area contributed by atoms with Crippen LogP contribution in [0.4, 0.5) is 0 Å². The van der Waals surface area contributed by atoms with Gasteiger partial charge in [-0.3, -0.25) is 9.88 Å². The van der Waals surface area contributed by atoms with Gasteiger partial charge >= 0.3 is 0 Å². The molecule has 0 radical (unpaired) electrons. The van der Waals surface area contributed by atoms with Gasteiger partial charge in [0, 0.05) is 55.2 Å². The Balaban J connectivity index is 0.000000735. The molecule has 2 aromatic rings. The van der Waals surface area contributed by atoms with E-state index in [-0.39, 0.29) is 5.75 Å². The van der Waals surface area contributed by atoms with Crippen LogP contribution in [0, 0.1) is 6.92 Å². The summed E-state index contributed by atoms with van der Waals surface area (Å²) in [5, 5.41) is 10.2. The monoisotopic (exact) mass is 585 g/mol. The Morgan fingerprint density at radius 3 is 2.24 bits per heavy atom. The lowest BCUT2D eigenvalue weighted by atomic mass is 10.1. The number of piperazine rings is 1. The van der Waals surface area contributed by atoms with Crippen LogP contribution in [0.15, 0.2) is 59.4 Å². The molecule has 7 heteroatoms. The van der Waals surface area contributed by atoms with Gasteiger partial charge in [0.05, 0.1) is 5.69 Å². The molecule has 1 N–H and O–H groups in total. The maximum atomic E-state index is 9.73. The van der Waals surface area contributed by atoms with Crippen molar-refractivity contribution in [2.24, 2.45) is 4.99 Å². The van der Waals surface area contributed by atoms with Crippen molar-refractivity contribution >= 4 is 17.8 Å². The van der Waals surface area contributed by atoms with Crippen molar-refractivity contribution in [1.82, 2.24) is 19.7 Å². The molecule has 0 amide bonds. The smallest absolute Gasteiger partial charge is 0.121 e. The molecular formula is C34H56ClN5O. The van der Waals surface area contributed by atoms with Gasteiger partial charge in [-0.1, -0.05) is 65.8 Å². The van der Waals surface area contributed by atoms with Crippen molar-refractivity contribution in [1.29, 1.82) is 0 Å². The molecule has 3 rings (SSSR count). The number of aromatic hydroxyl groups is 1. The van der Waals surface area contributed by atoms with Gasteiger partial charge in [0.2, 0.25) is 0 Å². The van der Waals surface area contributed by atoms with Crippen molar-refractivity contribution in [3.8, 4) is 17.0 Å². The second-order valence-corrected chi connectivity index (χ2v) is 10.0. The van der Waals surface area contributed by atoms with Crippen LogP contribution in [0.1, 0.15) is 73.1 Å². The van der Waals surface area contributed by atoms with Crippen LogP contribution in [0.5, 0.6) is 5.75 Å². The fourth-order valence-electron chi connectivity index (χ4n) is 4.02. The van der Waals surface area contributed by atoms with Crippen LogP contribution in [0.2, 0.25) is 5.02 Å². The number of phenols is 1. The SMILES string of the molecule is C=C(/N=C\C(C)=C/C)N1CCN(C)CC1.CC.CC.CCCN(CC)Cc1cc(C)nc(-c2cc(O)cc(Cl)c2)c1. The molecule has 6 nitrogen and oxygen atoms in total. The number of hydrogen-bond donors (Lipinski definition) is 1. The standard InChI is InChI=1S/C18H23ClN2O.C12H21N3.2C2H6/c1-4-6-21(5-2)12-14-7-13(3)20-18(8-14)15-9-16(19)11-17(22)10-15;1-5-11(2)10-13-12(3)15-8-6-14(4)7-9-15;2*1-2/h7-11,22H,4-6,12H2,1-3H3;5,10H,3,6-9H2,1-2,4H3;2*1-2H3/b;11-5-,13-10-;;. The van der Waals surface area contributed by atoms with E-state index in [9.17, 15) is 5.11 Å². The molecule has 1 aromatic carbocycles. The van der Waals surface area contributed by atoms with Gasteiger partial charge in [-0.15, -0.1) is 0 Å². The highest BCUT2D eigenvalue weighted by molar-refractivity contribution is 6.31. The average Bonchev–Trinajstić information content (AvgIpc) is 2.97. The van der Waals surface area contributed by atoms with Crippen LogP contribution in [0.3, 0.4) is 0 Å². The van der Waals surface area contributed by atoms with E-state index >= 15 is 0 Å². The minimum atomic E-state index is 0.161. The Labute approximate surface area is 256 Å². The first kappa shape index (κ1) is 38.3. The maximum Gasteiger partial charge on any atom is 0.121 e. The van der Waals surface area contributed by atoms with Crippen molar-refractivity contribution < 1.29 is 5.11 Å². The predicted octanol–water partition coefficient (Wildman–Crippen LogP) is 8.44. The van der Waals surface area contributed by atoms with Gasteiger partial charge in [0.1, 0.15) is 11.6 Å². The summed E-state index contributed by atoms with van der Waals surface area (Å²) in [5.74, 6) is 1.04. The summed E-state index contributed by atoms with van der Waals surface area (Å²) in [4.78, 5) is 15.9. The van der Waals surface area contributed by atoms with Crippen molar-refractivity contribution in [2.45, 2.75) is 75.3 Å². The molecule has 1 saturated heterocycles. The number of aromatic nitrogens is 1. The topological polar surface area (TPSA) is 55.2 Å². The lowest BCUT2D eigenvalue weighted by Crippen LogP contribution is -2.43. The molecule has 1 aromatic heterocycles. The van der Waals surface area contributed by atoms with Crippen LogP contribution in [0.25, 0.3) is 11.3 Å². The zero-order valence-electron chi connectivity index (χ0n) is 27.5. The summed E-state index contributed by atoms with van der Waals surface area (Å²) in [6.07, 6.45) is 5.06. The first-order valence-corrected chi connectivity index (χ1v) is 15.5. The summed E-state index contributed by atoms with van der Waals surface area (Å²) in [6, 6.07) is 9.25. The van der Waals surface area contributed by atoms with Crippen molar-refractivity contribution in [2.75, 3.05) is 46.3 Å². The zero-order valence-corrected chi connectivity index (χ0v) is 28.2. The van der Waals surface area contributed by atoms with Crippen molar-refractivity contribution in [3.63, 3.8) is 0 Å². The van der Waals surface area contributed by atoms with E-state index in [4.69, 9.17) is 11.6 Å². The van der Waals surface area contributed by atoms with Gasteiger partial charge < -0.3 is 14.9 Å². The van der Waals surface area contributed by atoms with Crippen LogP contribution in [-0.2, 0) is 6.54 Å². The molecule has 1 fully saturated rings. The number of hydrogen-bond acceptors (Lipinski definition) is 6. The van der Waals surface area contributed by atoms with E-state index in [2.05, 4.69) is 64.3 Å². The zero-order chi connectivity index (χ0) is 31.4. The number of likely N-dealkylation sites (N-methyl/N-ethyl adjacent to an activating group) is 1. The van der Waals surface area contributed by atoms with Crippen LogP contribution in [-0.4, -0.2) is 77.3 Å². The molecule has 0 unspecified atom stereocenters. The fourth-order valence-corrected chi connectivity index (χ4v) is 4.25. The third kappa shape index (κ3) is 15.2. The molecule has 1 aliphatic rings. The Morgan fingerprint density at radius 2 is 1.71 bits per heavy atom. The summed E-state index contributed by atoms with van der Waals surface area (Å²) >= 11 is 6.03. The molecule has 0 spiro atoms. The Kier molecular flexibility index (Phi) is 20.6. The van der Waals surface area contributed by atoms with Gasteiger partial charge in [-0.25, -0.2) is 4.99 Å². The van der Waals surface area contributed by atoms with E-state index in [0.717, 1.165) is 75.0 Å². The molecule has 230 valence electrons. The molecule has 41 heavy (non-hydrogen) atoms. The Hall–Kier alpha value is -2.67. The fraction of sp³-hybridized carbons (Fsp3) is 0.529. The molecular weight excluding hydrogens is 530 g/mol. The Morgan fingerprint density at radius 1 is 1.07 bits per heavy atom. The number of nitrogens with zero attached hydrogens (tertiary/aromatic N) is 5. The van der Waals surface area contributed by atoms with E-state index < -0.39 is 0 Å². The van der Waals surface area contributed by atoms with Crippen LogP contribution < -0.4 is 0 Å². The third-order valence-electron chi connectivity index (χ3n) is 6.33. The highest BCUT2D eigenvalue weighted by Gasteiger charge is 2.14. The maximum absolute atomic E-state index is 9.73. The summed E-state index contributed by atoms with van der Waals surface area (Å²) in [7, 11) is 2.15. The lowest BCUT2D eigenvalue weighted by Gasteiger charge is -2.33. The summed E-state index contributed by atoms with van der Waals surface area (Å²) in [6.45, 7) is 29.7. The number of benzene rings is 1. The second kappa shape index (κ2) is 22.0. The van der Waals surface area contributed by atoms with Gasteiger partial charge in [0.25, 0.3) is 0 Å². The Bertz CT molecular complexity index is 1050. The lowest BCUT2D eigenvalue weighted by molar-refractivity contribution is 0.186. The quantitative estimate of drug-likeness (QED) is 0.299. The number of pyridine rings is 1. The first-order chi connectivity index (χ1) is 19.6. The molecule has 1 aliphatic heterocycles. The van der Waals surface area contributed by atoms with Crippen molar-refractivity contribution in [3.05, 3.63) is 70.7 Å². The minimum absolute atomic E-state index is 0.161. The molecule has 0 saturated carbocycles. The number of allylic oxidation sites excluding steroid dienone is 2. The number of aliphatic imine (C=N–C) groups is 1. The van der Waals surface area contributed by atoms with E-state index in [1.165, 1.54) is 17.2 Å². The predicted molar refractivity (Wildman–Crippen MR) is 181 cm³/mol. The number of halogens is 1. The average molecular weight is 586 g/mol. The highest BCUT2D eigenvalue weighted by atomic mass is 35.5. The third-order valence-corrected chi connectivity index (χ3v) is 6.54. The van der Waals surface area contributed by atoms with E-state index in [1.807, 2.05) is 66.8 Å².